The highest BCUT2D eigenvalue weighted by atomic mass is 19.1. The molecule has 1 unspecified atom stereocenters. The van der Waals surface area contributed by atoms with Crippen molar-refractivity contribution in [2.75, 3.05) is 7.11 Å². The molecule has 106 valence electrons. The van der Waals surface area contributed by atoms with Gasteiger partial charge in [0.1, 0.15) is 17.4 Å². The van der Waals surface area contributed by atoms with Crippen molar-refractivity contribution in [3.63, 3.8) is 0 Å². The molecule has 0 aromatic heterocycles. The Hall–Kier alpha value is -1.94. The van der Waals surface area contributed by atoms with Gasteiger partial charge in [-0.3, -0.25) is 0 Å². The topological polar surface area (TPSA) is 35.2 Å². The second-order valence-electron chi connectivity index (χ2n) is 4.79. The minimum Gasteiger partial charge on any atom is -0.496 e. The molecule has 0 saturated carbocycles. The van der Waals surface area contributed by atoms with E-state index in [1.165, 1.54) is 18.2 Å². The molecule has 0 bridgehead atoms. The Labute approximate surface area is 117 Å². The molecule has 0 saturated heterocycles. The van der Waals surface area contributed by atoms with Gasteiger partial charge in [-0.05, 0) is 48.7 Å². The van der Waals surface area contributed by atoms with Crippen LogP contribution in [0.4, 0.5) is 8.78 Å². The quantitative estimate of drug-likeness (QED) is 0.929. The number of nitrogens with two attached hydrogens (primary N) is 1. The summed E-state index contributed by atoms with van der Waals surface area (Å²) in [6.45, 7) is 3.71. The average molecular weight is 277 g/mol. The third-order valence-corrected chi connectivity index (χ3v) is 3.43. The van der Waals surface area contributed by atoms with E-state index in [-0.39, 0.29) is 5.56 Å². The van der Waals surface area contributed by atoms with Crippen LogP contribution in [0.3, 0.4) is 0 Å². The zero-order valence-corrected chi connectivity index (χ0v) is 11.7. The number of methoxy groups -OCH3 is 1. The fourth-order valence-corrected chi connectivity index (χ4v) is 2.33. The van der Waals surface area contributed by atoms with Crippen molar-refractivity contribution in [2.45, 2.75) is 19.9 Å². The predicted octanol–water partition coefficient (Wildman–Crippen LogP) is 3.64. The SMILES string of the molecule is COc1cc(C)c(C(N)c2c(F)cccc2F)cc1C. The molecule has 4 heteroatoms. The highest BCUT2D eigenvalue weighted by Crippen LogP contribution is 2.31. The van der Waals surface area contributed by atoms with Crippen molar-refractivity contribution in [3.8, 4) is 5.75 Å². The zero-order chi connectivity index (χ0) is 14.9. The Morgan fingerprint density at radius 1 is 1.05 bits per heavy atom. The summed E-state index contributed by atoms with van der Waals surface area (Å²) in [5, 5.41) is 0. The maximum absolute atomic E-state index is 13.8. The minimum atomic E-state index is -0.846. The lowest BCUT2D eigenvalue weighted by atomic mass is 9.93. The largest absolute Gasteiger partial charge is 0.496 e. The second-order valence-corrected chi connectivity index (χ2v) is 4.79. The molecule has 0 radical (unpaired) electrons. The molecule has 2 aromatic carbocycles. The first-order valence-corrected chi connectivity index (χ1v) is 6.30. The van der Waals surface area contributed by atoms with Crippen molar-refractivity contribution in [2.24, 2.45) is 5.73 Å². The van der Waals surface area contributed by atoms with Crippen LogP contribution in [-0.4, -0.2) is 7.11 Å². The Bertz CT molecular complexity index is 620. The van der Waals surface area contributed by atoms with Crippen LogP contribution in [0.2, 0.25) is 0 Å². The summed E-state index contributed by atoms with van der Waals surface area (Å²) in [7, 11) is 1.58. The number of ether oxygens (including phenoxy) is 1. The van der Waals surface area contributed by atoms with Gasteiger partial charge >= 0.3 is 0 Å². The first-order chi connectivity index (χ1) is 9.45. The Kier molecular flexibility index (Phi) is 4.04. The number of hydrogen-bond donors (Lipinski definition) is 1. The molecule has 0 fully saturated rings. The lowest BCUT2D eigenvalue weighted by molar-refractivity contribution is 0.411. The molecular formula is C16H17F2NO. The van der Waals surface area contributed by atoms with Crippen LogP contribution in [0.15, 0.2) is 30.3 Å². The Morgan fingerprint density at radius 3 is 2.20 bits per heavy atom. The fraction of sp³-hybridized carbons (Fsp3) is 0.250. The summed E-state index contributed by atoms with van der Waals surface area (Å²) >= 11 is 0. The van der Waals surface area contributed by atoms with Gasteiger partial charge in [0.05, 0.1) is 13.2 Å². The number of benzene rings is 2. The van der Waals surface area contributed by atoms with E-state index in [1.54, 1.807) is 7.11 Å². The molecule has 20 heavy (non-hydrogen) atoms. The van der Waals surface area contributed by atoms with Gasteiger partial charge in [-0.25, -0.2) is 8.78 Å². The molecule has 0 aliphatic rings. The third-order valence-electron chi connectivity index (χ3n) is 3.43. The Balaban J connectivity index is 2.54. The van der Waals surface area contributed by atoms with Gasteiger partial charge in [-0.2, -0.15) is 0 Å². The van der Waals surface area contributed by atoms with Gasteiger partial charge in [-0.1, -0.05) is 12.1 Å². The molecule has 2 rings (SSSR count). The first kappa shape index (κ1) is 14.5. The number of hydrogen-bond acceptors (Lipinski definition) is 2. The summed E-state index contributed by atoms with van der Waals surface area (Å²) in [6, 6.07) is 6.54. The predicted molar refractivity (Wildman–Crippen MR) is 74.9 cm³/mol. The third kappa shape index (κ3) is 2.51. The van der Waals surface area contributed by atoms with Gasteiger partial charge in [0.15, 0.2) is 0 Å². The molecule has 2 aromatic rings. The van der Waals surface area contributed by atoms with Crippen molar-refractivity contribution in [1.82, 2.24) is 0 Å². The molecule has 0 heterocycles. The minimum absolute atomic E-state index is 0.111. The summed E-state index contributed by atoms with van der Waals surface area (Å²) < 4.78 is 32.9. The van der Waals surface area contributed by atoms with Gasteiger partial charge in [0.25, 0.3) is 0 Å². The number of rotatable bonds is 3. The highest BCUT2D eigenvalue weighted by Gasteiger charge is 2.20. The summed E-state index contributed by atoms with van der Waals surface area (Å²) in [6.07, 6.45) is 0. The molecule has 2 nitrogen and oxygen atoms in total. The maximum atomic E-state index is 13.8. The van der Waals surface area contributed by atoms with E-state index < -0.39 is 17.7 Å². The standard InChI is InChI=1S/C16H17F2NO/c1-9-8-14(20-3)10(2)7-11(9)16(19)15-12(17)5-4-6-13(15)18/h4-8,16H,19H2,1-3H3. The van der Waals surface area contributed by atoms with Crippen LogP contribution in [0.5, 0.6) is 5.75 Å². The van der Waals surface area contributed by atoms with Crippen molar-refractivity contribution in [3.05, 3.63) is 64.2 Å². The smallest absolute Gasteiger partial charge is 0.131 e. The van der Waals surface area contributed by atoms with Crippen molar-refractivity contribution >= 4 is 0 Å². The molecule has 0 amide bonds. The van der Waals surface area contributed by atoms with Crippen LogP contribution < -0.4 is 10.5 Å². The molecule has 1 atom stereocenters. The zero-order valence-electron chi connectivity index (χ0n) is 11.7. The second kappa shape index (κ2) is 5.59. The van der Waals surface area contributed by atoms with E-state index in [2.05, 4.69) is 0 Å². The first-order valence-electron chi connectivity index (χ1n) is 6.30. The molecule has 0 aliphatic carbocycles. The number of aryl methyl sites for hydroxylation is 2. The summed E-state index contributed by atoms with van der Waals surface area (Å²) in [5.74, 6) is -0.539. The van der Waals surface area contributed by atoms with Crippen molar-refractivity contribution in [1.29, 1.82) is 0 Å². The van der Waals surface area contributed by atoms with Crippen LogP contribution in [0.25, 0.3) is 0 Å². The Morgan fingerprint density at radius 2 is 1.65 bits per heavy atom. The summed E-state index contributed by atoms with van der Waals surface area (Å²) in [5.41, 5.74) is 8.35. The van der Waals surface area contributed by atoms with Crippen LogP contribution >= 0.6 is 0 Å². The van der Waals surface area contributed by atoms with Gasteiger partial charge < -0.3 is 10.5 Å². The van der Waals surface area contributed by atoms with E-state index in [9.17, 15) is 8.78 Å². The van der Waals surface area contributed by atoms with Crippen LogP contribution in [0, 0.1) is 25.5 Å². The van der Waals surface area contributed by atoms with E-state index in [1.807, 2.05) is 26.0 Å². The van der Waals surface area contributed by atoms with Crippen molar-refractivity contribution < 1.29 is 13.5 Å². The van der Waals surface area contributed by atoms with E-state index in [0.717, 1.165) is 16.9 Å². The van der Waals surface area contributed by atoms with Gasteiger partial charge in [0, 0.05) is 5.56 Å². The van der Waals surface area contributed by atoms with E-state index in [0.29, 0.717) is 5.56 Å². The monoisotopic (exact) mass is 277 g/mol. The molecule has 2 N–H and O–H groups in total. The van der Waals surface area contributed by atoms with Crippen LogP contribution in [-0.2, 0) is 0 Å². The maximum Gasteiger partial charge on any atom is 0.131 e. The average Bonchev–Trinajstić information content (AvgIpc) is 2.40. The van der Waals surface area contributed by atoms with Gasteiger partial charge in [-0.15, -0.1) is 0 Å². The fourth-order valence-electron chi connectivity index (χ4n) is 2.33. The molecule has 0 aliphatic heterocycles. The highest BCUT2D eigenvalue weighted by molar-refractivity contribution is 5.46. The van der Waals surface area contributed by atoms with Crippen LogP contribution in [0.1, 0.15) is 28.3 Å². The van der Waals surface area contributed by atoms with E-state index in [4.69, 9.17) is 10.5 Å². The number of halogens is 2. The lowest BCUT2D eigenvalue weighted by Crippen LogP contribution is -2.17. The molecular weight excluding hydrogens is 260 g/mol. The van der Waals surface area contributed by atoms with Gasteiger partial charge in [0.2, 0.25) is 0 Å². The lowest BCUT2D eigenvalue weighted by Gasteiger charge is -2.18. The molecule has 0 spiro atoms. The normalized spacial score (nSPS) is 12.3. The van der Waals surface area contributed by atoms with E-state index >= 15 is 0 Å². The summed E-state index contributed by atoms with van der Waals surface area (Å²) in [4.78, 5) is 0.